The topological polar surface area (TPSA) is 43.3 Å². The van der Waals surface area contributed by atoms with Crippen LogP contribution in [-0.4, -0.2) is 29.7 Å². The van der Waals surface area contributed by atoms with Gasteiger partial charge in [-0.05, 0) is 44.8 Å². The summed E-state index contributed by atoms with van der Waals surface area (Å²) in [6.07, 6.45) is 9.66. The van der Waals surface area contributed by atoms with Gasteiger partial charge in [0.2, 0.25) is 0 Å². The summed E-state index contributed by atoms with van der Waals surface area (Å²) >= 11 is 0. The van der Waals surface area contributed by atoms with Crippen molar-refractivity contribution in [1.29, 1.82) is 0 Å². The van der Waals surface area contributed by atoms with Crippen molar-refractivity contribution < 1.29 is 14.7 Å². The molecule has 0 bridgehead atoms. The van der Waals surface area contributed by atoms with Gasteiger partial charge < -0.3 is 10.2 Å². The van der Waals surface area contributed by atoms with Gasteiger partial charge in [-0.25, -0.2) is 0 Å². The van der Waals surface area contributed by atoms with Crippen molar-refractivity contribution in [3.63, 3.8) is 0 Å². The van der Waals surface area contributed by atoms with Gasteiger partial charge in [0.25, 0.3) is 0 Å². The Balaban J connectivity index is 1.54. The van der Waals surface area contributed by atoms with E-state index < -0.39 is 5.95 Å². The highest BCUT2D eigenvalue weighted by molar-refractivity contribution is 5.91. The molecule has 3 heteroatoms. The molecule has 0 heterocycles. The molecule has 0 amide bonds. The molecular formula is C29H27NO2. The average molecular weight is 422 g/mol. The molecule has 0 aromatic heterocycles. The lowest BCUT2D eigenvalue weighted by atomic mass is 10.0. The number of rotatable bonds is 7. The number of hydrogen-bond acceptors (Lipinski definition) is 2. The second kappa shape index (κ2) is 9.54. The molecular weight excluding hydrogens is 394 g/mol. The molecule has 0 saturated carbocycles. The zero-order chi connectivity index (χ0) is 22.4. The predicted molar refractivity (Wildman–Crippen MR) is 133 cm³/mol. The van der Waals surface area contributed by atoms with Crippen LogP contribution < -0.4 is 5.11 Å². The molecule has 3 nitrogen and oxygen atoms in total. The minimum atomic E-state index is -0.912. The summed E-state index contributed by atoms with van der Waals surface area (Å²) in [6, 6.07) is 29.0. The van der Waals surface area contributed by atoms with Crippen molar-refractivity contribution in [3.05, 3.63) is 120 Å². The SMILES string of the molecule is C[N+](C=C([O-])O)(C/C=C/c1cccc2ccccc12)C/C=C/c1cccc2ccccc12. The third-order valence-electron chi connectivity index (χ3n) is 5.71. The molecule has 160 valence electrons. The first kappa shape index (κ1) is 21.4. The van der Waals surface area contributed by atoms with Gasteiger partial charge in [-0.15, -0.1) is 0 Å². The molecule has 4 aromatic carbocycles. The summed E-state index contributed by atoms with van der Waals surface area (Å²) in [5.41, 5.74) is 2.27. The molecule has 0 saturated heterocycles. The smallest absolute Gasteiger partial charge is 0.118 e. The Labute approximate surface area is 189 Å². The van der Waals surface area contributed by atoms with Gasteiger partial charge in [0.05, 0.1) is 7.05 Å². The first-order valence-electron chi connectivity index (χ1n) is 10.8. The molecule has 0 aliphatic heterocycles. The zero-order valence-corrected chi connectivity index (χ0v) is 18.2. The molecule has 0 unspecified atom stereocenters. The maximum absolute atomic E-state index is 11.5. The van der Waals surface area contributed by atoms with Crippen molar-refractivity contribution in [2.24, 2.45) is 0 Å². The number of quaternary nitrogens is 1. The second-order valence-electron chi connectivity index (χ2n) is 8.25. The van der Waals surface area contributed by atoms with Gasteiger partial charge in [-0.2, -0.15) is 0 Å². The van der Waals surface area contributed by atoms with Crippen molar-refractivity contribution in [2.45, 2.75) is 0 Å². The minimum Gasteiger partial charge on any atom is -0.626 e. The normalized spacial score (nSPS) is 13.0. The maximum Gasteiger partial charge on any atom is 0.118 e. The second-order valence-corrected chi connectivity index (χ2v) is 8.25. The van der Waals surface area contributed by atoms with Crippen LogP contribution in [0, 0.1) is 0 Å². The first-order valence-corrected chi connectivity index (χ1v) is 10.8. The molecule has 0 aliphatic carbocycles. The van der Waals surface area contributed by atoms with Crippen molar-refractivity contribution >= 4 is 33.7 Å². The quantitative estimate of drug-likeness (QED) is 0.299. The number of aliphatic hydroxyl groups is 1. The lowest BCUT2D eigenvalue weighted by Gasteiger charge is -2.29. The van der Waals surface area contributed by atoms with E-state index in [1.165, 1.54) is 27.7 Å². The van der Waals surface area contributed by atoms with E-state index in [-0.39, 0.29) is 4.48 Å². The third kappa shape index (κ3) is 5.08. The van der Waals surface area contributed by atoms with E-state index in [4.69, 9.17) is 0 Å². The molecule has 4 rings (SSSR count). The fraction of sp³-hybridized carbons (Fsp3) is 0.103. The standard InChI is InChI=1S/C29H27NO2/c1-30(22-29(31)32,20-8-16-25-14-6-12-23-10-2-4-18-27(23)25)21-9-17-26-15-7-13-24-11-3-5-19-28(24)26/h2-19,22H,20-21H2,1H3,(H-,31,32)/b16-8+,17-9+. The maximum atomic E-state index is 11.5. The molecule has 0 radical (unpaired) electrons. The average Bonchev–Trinajstić information content (AvgIpc) is 2.79. The van der Waals surface area contributed by atoms with E-state index in [0.29, 0.717) is 13.1 Å². The van der Waals surface area contributed by atoms with E-state index in [9.17, 15) is 10.2 Å². The summed E-state index contributed by atoms with van der Waals surface area (Å²) < 4.78 is 0.276. The molecule has 32 heavy (non-hydrogen) atoms. The van der Waals surface area contributed by atoms with Crippen LogP contribution in [0.1, 0.15) is 11.1 Å². The summed E-state index contributed by atoms with van der Waals surface area (Å²) in [5.74, 6) is -0.912. The fourth-order valence-corrected chi connectivity index (χ4v) is 4.08. The lowest BCUT2D eigenvalue weighted by Crippen LogP contribution is -2.39. The van der Waals surface area contributed by atoms with Gasteiger partial charge in [-0.1, -0.05) is 97.1 Å². The van der Waals surface area contributed by atoms with E-state index >= 15 is 0 Å². The number of fused-ring (bicyclic) bond motifs is 2. The molecule has 0 fully saturated rings. The van der Waals surface area contributed by atoms with Crippen LogP contribution in [0.3, 0.4) is 0 Å². The third-order valence-corrected chi connectivity index (χ3v) is 5.71. The Morgan fingerprint density at radius 1 is 0.719 bits per heavy atom. The molecule has 1 N–H and O–H groups in total. The Morgan fingerprint density at radius 3 is 1.62 bits per heavy atom. The van der Waals surface area contributed by atoms with Crippen LogP contribution in [0.25, 0.3) is 33.7 Å². The van der Waals surface area contributed by atoms with E-state index in [0.717, 1.165) is 11.1 Å². The highest BCUT2D eigenvalue weighted by Crippen LogP contribution is 2.21. The molecule has 4 aromatic rings. The van der Waals surface area contributed by atoms with E-state index in [1.54, 1.807) is 0 Å². The van der Waals surface area contributed by atoms with E-state index in [2.05, 4.69) is 72.8 Å². The van der Waals surface area contributed by atoms with Crippen molar-refractivity contribution in [2.75, 3.05) is 20.1 Å². The van der Waals surface area contributed by atoms with Crippen LogP contribution in [0.15, 0.2) is 109 Å². The predicted octanol–water partition coefficient (Wildman–Crippen LogP) is 5.88. The van der Waals surface area contributed by atoms with Gasteiger partial charge >= 0.3 is 0 Å². The summed E-state index contributed by atoms with van der Waals surface area (Å²) in [7, 11) is 1.94. The summed E-state index contributed by atoms with van der Waals surface area (Å²) in [4.78, 5) is 0. The van der Waals surface area contributed by atoms with Crippen molar-refractivity contribution in [3.8, 4) is 0 Å². The first-order chi connectivity index (χ1) is 15.5. The fourth-order valence-electron chi connectivity index (χ4n) is 4.08. The lowest BCUT2D eigenvalue weighted by molar-refractivity contribution is -0.850. The Bertz CT molecular complexity index is 1210. The van der Waals surface area contributed by atoms with Crippen LogP contribution in [-0.2, 0) is 0 Å². The monoisotopic (exact) mass is 421 g/mol. The van der Waals surface area contributed by atoms with Crippen LogP contribution >= 0.6 is 0 Å². The Kier molecular flexibility index (Phi) is 6.39. The number of likely N-dealkylation sites (N-methyl/N-ethyl adjacent to an activating group) is 1. The van der Waals surface area contributed by atoms with Gasteiger partial charge in [0, 0.05) is 0 Å². The van der Waals surface area contributed by atoms with Gasteiger partial charge in [0.15, 0.2) is 0 Å². The largest absolute Gasteiger partial charge is 0.626 e. The number of hydrogen-bond donors (Lipinski definition) is 1. The summed E-state index contributed by atoms with van der Waals surface area (Å²) in [5, 5.41) is 25.7. The van der Waals surface area contributed by atoms with Crippen LogP contribution in [0.2, 0.25) is 0 Å². The van der Waals surface area contributed by atoms with Crippen molar-refractivity contribution in [1.82, 2.24) is 0 Å². The number of nitrogens with zero attached hydrogens (tertiary/aromatic N) is 1. The minimum absolute atomic E-state index is 0.276. The van der Waals surface area contributed by atoms with Gasteiger partial charge in [-0.3, -0.25) is 4.48 Å². The Morgan fingerprint density at radius 2 is 1.16 bits per heavy atom. The zero-order valence-electron chi connectivity index (χ0n) is 18.2. The van der Waals surface area contributed by atoms with Gasteiger partial charge in [0.1, 0.15) is 25.2 Å². The molecule has 0 spiro atoms. The number of benzene rings is 4. The Hall–Kier alpha value is -3.82. The molecule has 0 atom stereocenters. The van der Waals surface area contributed by atoms with E-state index in [1.807, 2.05) is 43.4 Å². The highest BCUT2D eigenvalue weighted by Gasteiger charge is 2.15. The summed E-state index contributed by atoms with van der Waals surface area (Å²) in [6.45, 7) is 1.16. The highest BCUT2D eigenvalue weighted by atomic mass is 16.5. The number of aliphatic hydroxyl groups excluding tert-OH is 1. The van der Waals surface area contributed by atoms with Crippen LogP contribution in [0.5, 0.6) is 0 Å². The van der Waals surface area contributed by atoms with Crippen LogP contribution in [0.4, 0.5) is 0 Å². The molecule has 0 aliphatic rings.